The number of benzene rings is 1. The van der Waals surface area contributed by atoms with Crippen LogP contribution in [0.3, 0.4) is 0 Å². The lowest BCUT2D eigenvalue weighted by molar-refractivity contribution is -0.117. The zero-order valence-corrected chi connectivity index (χ0v) is 13.3. The summed E-state index contributed by atoms with van der Waals surface area (Å²) >= 11 is 5.96. The monoisotopic (exact) mass is 312 g/mol. The Morgan fingerprint density at radius 2 is 2.05 bits per heavy atom. The topological polar surface area (TPSA) is 69.6 Å². The lowest BCUT2D eigenvalue weighted by Gasteiger charge is -2.17. The summed E-state index contributed by atoms with van der Waals surface area (Å²) in [4.78, 5) is 24.8. The van der Waals surface area contributed by atoms with Gasteiger partial charge in [-0.05, 0) is 44.1 Å². The second kappa shape index (κ2) is 8.00. The summed E-state index contributed by atoms with van der Waals surface area (Å²) in [5, 5.41) is 11.9. The predicted octanol–water partition coefficient (Wildman–Crippen LogP) is 2.95. The zero-order valence-electron chi connectivity index (χ0n) is 12.5. The van der Waals surface area contributed by atoms with E-state index in [1.54, 1.807) is 0 Å². The molecule has 0 aliphatic rings. The minimum absolute atomic E-state index is 0.0860. The van der Waals surface area contributed by atoms with Crippen molar-refractivity contribution in [2.45, 2.75) is 20.3 Å². The third-order valence-electron chi connectivity index (χ3n) is 2.99. The zero-order chi connectivity index (χ0) is 16.0. The van der Waals surface area contributed by atoms with Gasteiger partial charge in [0.1, 0.15) is 0 Å². The Bertz CT molecular complexity index is 518. The van der Waals surface area contributed by atoms with Gasteiger partial charge in [0.15, 0.2) is 0 Å². The SMILES string of the molecule is CC(C)CCN(C)CC(=O)Nc1cc(C(=O)O)ccc1Cl. The van der Waals surface area contributed by atoms with Gasteiger partial charge in [0, 0.05) is 0 Å². The molecule has 1 amide bonds. The van der Waals surface area contributed by atoms with Crippen molar-refractivity contribution in [3.63, 3.8) is 0 Å². The Morgan fingerprint density at radius 3 is 2.62 bits per heavy atom. The first kappa shape index (κ1) is 17.5. The number of hydrogen-bond acceptors (Lipinski definition) is 3. The van der Waals surface area contributed by atoms with Gasteiger partial charge in [-0.25, -0.2) is 4.79 Å². The van der Waals surface area contributed by atoms with Crippen LogP contribution < -0.4 is 5.32 Å². The highest BCUT2D eigenvalue weighted by Gasteiger charge is 2.12. The van der Waals surface area contributed by atoms with Gasteiger partial charge in [-0.2, -0.15) is 0 Å². The fourth-order valence-electron chi connectivity index (χ4n) is 1.75. The lowest BCUT2D eigenvalue weighted by Crippen LogP contribution is -2.31. The minimum atomic E-state index is -1.06. The second-order valence-electron chi connectivity index (χ2n) is 5.47. The van der Waals surface area contributed by atoms with E-state index in [1.165, 1.54) is 18.2 Å². The van der Waals surface area contributed by atoms with E-state index in [2.05, 4.69) is 19.2 Å². The Hall–Kier alpha value is -1.59. The van der Waals surface area contributed by atoms with Crippen molar-refractivity contribution in [2.75, 3.05) is 25.5 Å². The Kier molecular flexibility index (Phi) is 6.65. The molecule has 0 aromatic heterocycles. The number of anilines is 1. The normalized spacial score (nSPS) is 11.0. The molecule has 0 spiro atoms. The van der Waals surface area contributed by atoms with E-state index >= 15 is 0 Å². The molecular weight excluding hydrogens is 292 g/mol. The van der Waals surface area contributed by atoms with Gasteiger partial charge in [0.2, 0.25) is 5.91 Å². The van der Waals surface area contributed by atoms with E-state index in [4.69, 9.17) is 16.7 Å². The first-order chi connectivity index (χ1) is 9.79. The summed E-state index contributed by atoms with van der Waals surface area (Å²) in [5.41, 5.74) is 0.404. The molecular formula is C15H21ClN2O3. The van der Waals surface area contributed by atoms with E-state index in [-0.39, 0.29) is 18.0 Å². The number of aromatic carboxylic acids is 1. The van der Waals surface area contributed by atoms with Crippen molar-refractivity contribution >= 4 is 29.2 Å². The molecule has 5 nitrogen and oxygen atoms in total. The largest absolute Gasteiger partial charge is 0.478 e. The summed E-state index contributed by atoms with van der Waals surface area (Å²) in [6.07, 6.45) is 1.01. The van der Waals surface area contributed by atoms with Crippen molar-refractivity contribution < 1.29 is 14.7 Å². The Balaban J connectivity index is 2.62. The molecule has 116 valence electrons. The number of nitrogens with one attached hydrogen (secondary N) is 1. The molecule has 0 saturated heterocycles. The van der Waals surface area contributed by atoms with Gasteiger partial charge < -0.3 is 10.4 Å². The van der Waals surface area contributed by atoms with Gasteiger partial charge in [0.05, 0.1) is 22.8 Å². The third kappa shape index (κ3) is 6.14. The molecule has 1 rings (SSSR count). The van der Waals surface area contributed by atoms with E-state index in [1.807, 2.05) is 11.9 Å². The summed E-state index contributed by atoms with van der Waals surface area (Å²) in [5.74, 6) is -0.695. The highest BCUT2D eigenvalue weighted by atomic mass is 35.5. The van der Waals surface area contributed by atoms with Crippen LogP contribution >= 0.6 is 11.6 Å². The first-order valence-corrected chi connectivity index (χ1v) is 7.18. The highest BCUT2D eigenvalue weighted by Crippen LogP contribution is 2.23. The number of nitrogens with zero attached hydrogens (tertiary/aromatic N) is 1. The maximum atomic E-state index is 11.9. The van der Waals surface area contributed by atoms with E-state index in [0.29, 0.717) is 16.6 Å². The molecule has 0 unspecified atom stereocenters. The first-order valence-electron chi connectivity index (χ1n) is 6.81. The van der Waals surface area contributed by atoms with Crippen LogP contribution in [0.5, 0.6) is 0 Å². The van der Waals surface area contributed by atoms with Gasteiger partial charge >= 0.3 is 5.97 Å². The van der Waals surface area contributed by atoms with Gasteiger partial charge in [-0.3, -0.25) is 9.69 Å². The van der Waals surface area contributed by atoms with Crippen LogP contribution in [0, 0.1) is 5.92 Å². The number of amides is 1. The number of likely N-dealkylation sites (N-methyl/N-ethyl adjacent to an activating group) is 1. The van der Waals surface area contributed by atoms with Crippen molar-refractivity contribution in [3.05, 3.63) is 28.8 Å². The molecule has 0 atom stereocenters. The molecule has 6 heteroatoms. The van der Waals surface area contributed by atoms with Crippen LogP contribution in [0.15, 0.2) is 18.2 Å². The van der Waals surface area contributed by atoms with Crippen LogP contribution in [0.1, 0.15) is 30.6 Å². The number of halogens is 1. The van der Waals surface area contributed by atoms with Crippen molar-refractivity contribution in [1.29, 1.82) is 0 Å². The molecule has 21 heavy (non-hydrogen) atoms. The molecule has 0 saturated carbocycles. The average Bonchev–Trinajstić information content (AvgIpc) is 2.38. The minimum Gasteiger partial charge on any atom is -0.478 e. The number of carbonyl (C=O) groups excluding carboxylic acids is 1. The van der Waals surface area contributed by atoms with Gasteiger partial charge in [0.25, 0.3) is 0 Å². The summed E-state index contributed by atoms with van der Waals surface area (Å²) < 4.78 is 0. The van der Waals surface area contributed by atoms with E-state index in [0.717, 1.165) is 13.0 Å². The quantitative estimate of drug-likeness (QED) is 0.812. The van der Waals surface area contributed by atoms with Crippen molar-refractivity contribution in [3.8, 4) is 0 Å². The molecule has 1 aromatic rings. The molecule has 2 N–H and O–H groups in total. The van der Waals surface area contributed by atoms with Gasteiger partial charge in [-0.15, -0.1) is 0 Å². The Labute approximate surface area is 129 Å². The number of carboxylic acids is 1. The predicted molar refractivity (Wildman–Crippen MR) is 84.0 cm³/mol. The highest BCUT2D eigenvalue weighted by molar-refractivity contribution is 6.33. The molecule has 0 radical (unpaired) electrons. The van der Waals surface area contributed by atoms with Gasteiger partial charge in [-0.1, -0.05) is 25.4 Å². The van der Waals surface area contributed by atoms with E-state index in [9.17, 15) is 9.59 Å². The summed E-state index contributed by atoms with van der Waals surface area (Å²) in [6, 6.07) is 4.22. The summed E-state index contributed by atoms with van der Waals surface area (Å²) in [6.45, 7) is 5.32. The standard InChI is InChI=1S/C15H21ClN2O3/c1-10(2)6-7-18(3)9-14(19)17-13-8-11(15(20)21)4-5-12(13)16/h4-5,8,10H,6-7,9H2,1-3H3,(H,17,19)(H,20,21). The van der Waals surface area contributed by atoms with Crippen LogP contribution in [-0.4, -0.2) is 42.0 Å². The second-order valence-corrected chi connectivity index (χ2v) is 5.88. The van der Waals surface area contributed by atoms with Crippen LogP contribution in [-0.2, 0) is 4.79 Å². The van der Waals surface area contributed by atoms with Crippen LogP contribution in [0.2, 0.25) is 5.02 Å². The molecule has 0 aliphatic heterocycles. The van der Waals surface area contributed by atoms with Crippen LogP contribution in [0.4, 0.5) is 5.69 Å². The Morgan fingerprint density at radius 1 is 1.38 bits per heavy atom. The molecule has 0 fully saturated rings. The maximum absolute atomic E-state index is 11.9. The van der Waals surface area contributed by atoms with Crippen molar-refractivity contribution in [2.24, 2.45) is 5.92 Å². The molecule has 1 aromatic carbocycles. The van der Waals surface area contributed by atoms with E-state index < -0.39 is 5.97 Å². The number of carboxylic acid groups (broad SMARTS) is 1. The fraction of sp³-hybridized carbons (Fsp3) is 0.467. The third-order valence-corrected chi connectivity index (χ3v) is 3.32. The fourth-order valence-corrected chi connectivity index (χ4v) is 1.91. The number of carbonyl (C=O) groups is 2. The van der Waals surface area contributed by atoms with Crippen LogP contribution in [0.25, 0.3) is 0 Å². The summed E-state index contributed by atoms with van der Waals surface area (Å²) in [7, 11) is 1.87. The maximum Gasteiger partial charge on any atom is 0.335 e. The smallest absolute Gasteiger partial charge is 0.335 e. The molecule has 0 heterocycles. The molecule has 0 aliphatic carbocycles. The van der Waals surface area contributed by atoms with Crippen molar-refractivity contribution in [1.82, 2.24) is 4.90 Å². The number of rotatable bonds is 7. The number of hydrogen-bond donors (Lipinski definition) is 2. The lowest BCUT2D eigenvalue weighted by atomic mass is 10.1. The molecule has 0 bridgehead atoms. The average molecular weight is 313 g/mol.